The quantitative estimate of drug-likeness (QED) is 0.703. The van der Waals surface area contributed by atoms with Crippen molar-refractivity contribution in [3.63, 3.8) is 0 Å². The molecule has 0 fully saturated rings. The maximum Gasteiger partial charge on any atom is 0.293 e. The third kappa shape index (κ3) is 1.46. The highest BCUT2D eigenvalue weighted by Crippen LogP contribution is 2.22. The summed E-state index contributed by atoms with van der Waals surface area (Å²) in [7, 11) is 0. The van der Waals surface area contributed by atoms with Gasteiger partial charge in [-0.15, -0.1) is 0 Å². The van der Waals surface area contributed by atoms with Crippen molar-refractivity contribution in [3.05, 3.63) is 35.8 Å². The van der Waals surface area contributed by atoms with Gasteiger partial charge in [0.25, 0.3) is 6.47 Å². The standard InChI is InChI=1S/C10H7FO3/c11-9-2-1-3-10-8(9)4-7(14-10)5-13-6-12/h1-4,6H,5H2. The number of carbonyl (C=O) groups is 1. The second kappa shape index (κ2) is 3.49. The summed E-state index contributed by atoms with van der Waals surface area (Å²) in [6.45, 7) is 0.348. The number of hydrogen-bond acceptors (Lipinski definition) is 3. The highest BCUT2D eigenvalue weighted by molar-refractivity contribution is 5.78. The van der Waals surface area contributed by atoms with Crippen LogP contribution in [-0.2, 0) is 16.1 Å². The second-order valence-corrected chi connectivity index (χ2v) is 2.77. The van der Waals surface area contributed by atoms with Gasteiger partial charge in [0.05, 0.1) is 5.39 Å². The highest BCUT2D eigenvalue weighted by atomic mass is 19.1. The monoisotopic (exact) mass is 194 g/mol. The lowest BCUT2D eigenvalue weighted by Crippen LogP contribution is -1.86. The lowest BCUT2D eigenvalue weighted by atomic mass is 10.2. The Kier molecular flexibility index (Phi) is 2.18. The van der Waals surface area contributed by atoms with Gasteiger partial charge >= 0.3 is 0 Å². The van der Waals surface area contributed by atoms with E-state index >= 15 is 0 Å². The second-order valence-electron chi connectivity index (χ2n) is 2.77. The van der Waals surface area contributed by atoms with E-state index in [-0.39, 0.29) is 12.4 Å². The minimum absolute atomic E-state index is 0.0254. The molecule has 2 aromatic rings. The predicted molar refractivity (Wildman–Crippen MR) is 47.0 cm³/mol. The Labute approximate surface area is 79.1 Å². The molecule has 1 heterocycles. The van der Waals surface area contributed by atoms with Crippen molar-refractivity contribution in [1.82, 2.24) is 0 Å². The van der Waals surface area contributed by atoms with Gasteiger partial charge in [-0.1, -0.05) is 6.07 Å². The van der Waals surface area contributed by atoms with Crippen LogP contribution in [0.2, 0.25) is 0 Å². The third-order valence-corrected chi connectivity index (χ3v) is 1.85. The van der Waals surface area contributed by atoms with Crippen molar-refractivity contribution in [2.75, 3.05) is 0 Å². The molecule has 0 saturated heterocycles. The SMILES string of the molecule is O=COCc1cc2c(F)cccc2o1. The van der Waals surface area contributed by atoms with Crippen LogP contribution in [0, 0.1) is 5.82 Å². The number of hydrogen-bond donors (Lipinski definition) is 0. The molecular weight excluding hydrogens is 187 g/mol. The van der Waals surface area contributed by atoms with Gasteiger partial charge in [-0.2, -0.15) is 0 Å². The smallest absolute Gasteiger partial charge is 0.293 e. The predicted octanol–water partition coefficient (Wildman–Crippen LogP) is 2.24. The molecule has 0 aliphatic rings. The molecular formula is C10H7FO3. The van der Waals surface area contributed by atoms with E-state index in [4.69, 9.17) is 4.42 Å². The zero-order chi connectivity index (χ0) is 9.97. The number of halogens is 1. The van der Waals surface area contributed by atoms with E-state index in [2.05, 4.69) is 4.74 Å². The molecule has 0 bridgehead atoms. The van der Waals surface area contributed by atoms with E-state index in [1.54, 1.807) is 12.1 Å². The molecule has 1 aromatic heterocycles. The summed E-state index contributed by atoms with van der Waals surface area (Å²) in [4.78, 5) is 9.92. The van der Waals surface area contributed by atoms with Gasteiger partial charge in [0, 0.05) is 0 Å². The molecule has 0 aliphatic carbocycles. The number of ether oxygens (including phenoxy) is 1. The Bertz CT molecular complexity index is 461. The Morgan fingerprint density at radius 2 is 2.36 bits per heavy atom. The fraction of sp³-hybridized carbons (Fsp3) is 0.100. The lowest BCUT2D eigenvalue weighted by molar-refractivity contribution is -0.130. The first-order chi connectivity index (χ1) is 6.81. The first-order valence-electron chi connectivity index (χ1n) is 4.03. The minimum atomic E-state index is -0.344. The fourth-order valence-corrected chi connectivity index (χ4v) is 1.27. The molecule has 4 heteroatoms. The first-order valence-corrected chi connectivity index (χ1v) is 4.03. The van der Waals surface area contributed by atoms with E-state index in [0.717, 1.165) is 0 Å². The highest BCUT2D eigenvalue weighted by Gasteiger charge is 2.07. The molecule has 0 N–H and O–H groups in total. The van der Waals surface area contributed by atoms with Crippen LogP contribution in [0.5, 0.6) is 0 Å². The van der Waals surface area contributed by atoms with Crippen molar-refractivity contribution in [1.29, 1.82) is 0 Å². The summed E-state index contributed by atoms with van der Waals surface area (Å²) in [6.07, 6.45) is 0. The van der Waals surface area contributed by atoms with E-state index in [1.807, 2.05) is 0 Å². The van der Waals surface area contributed by atoms with Crippen molar-refractivity contribution >= 4 is 17.4 Å². The van der Waals surface area contributed by atoms with E-state index in [9.17, 15) is 9.18 Å². The van der Waals surface area contributed by atoms with Crippen molar-refractivity contribution in [3.8, 4) is 0 Å². The Balaban J connectivity index is 2.41. The number of fused-ring (bicyclic) bond motifs is 1. The molecule has 2 rings (SSSR count). The summed E-state index contributed by atoms with van der Waals surface area (Å²) in [5.74, 6) is 0.0841. The summed E-state index contributed by atoms with van der Waals surface area (Å²) < 4.78 is 22.9. The average molecular weight is 194 g/mol. The Hall–Kier alpha value is -1.84. The van der Waals surface area contributed by atoms with Gasteiger partial charge in [-0.25, -0.2) is 4.39 Å². The molecule has 0 spiro atoms. The maximum absolute atomic E-state index is 13.2. The lowest BCUT2D eigenvalue weighted by Gasteiger charge is -1.90. The molecule has 14 heavy (non-hydrogen) atoms. The van der Waals surface area contributed by atoms with Crippen molar-refractivity contribution < 1.29 is 18.3 Å². The van der Waals surface area contributed by atoms with Crippen LogP contribution in [0.15, 0.2) is 28.7 Å². The number of carbonyl (C=O) groups excluding carboxylic acids is 1. The van der Waals surface area contributed by atoms with Crippen LogP contribution in [-0.4, -0.2) is 6.47 Å². The normalized spacial score (nSPS) is 10.4. The first kappa shape index (κ1) is 8.74. The molecule has 3 nitrogen and oxygen atoms in total. The summed E-state index contributed by atoms with van der Waals surface area (Å²) in [5.41, 5.74) is 0.453. The van der Waals surface area contributed by atoms with Crippen LogP contribution in [0.1, 0.15) is 5.76 Å². The summed E-state index contributed by atoms with van der Waals surface area (Å²) >= 11 is 0. The van der Waals surface area contributed by atoms with Gasteiger partial charge in [-0.05, 0) is 18.2 Å². The van der Waals surface area contributed by atoms with Crippen molar-refractivity contribution in [2.45, 2.75) is 6.61 Å². The number of benzene rings is 1. The maximum atomic E-state index is 13.2. The number of furan rings is 1. The number of rotatable bonds is 3. The summed E-state index contributed by atoms with van der Waals surface area (Å²) in [5, 5.41) is 0.400. The van der Waals surface area contributed by atoms with Gasteiger partial charge < -0.3 is 9.15 Å². The Morgan fingerprint density at radius 3 is 3.07 bits per heavy atom. The molecule has 0 unspecified atom stereocenters. The largest absolute Gasteiger partial charge is 0.460 e. The van der Waals surface area contributed by atoms with Gasteiger partial charge in [0.1, 0.15) is 23.8 Å². The average Bonchev–Trinajstić information content (AvgIpc) is 2.59. The molecule has 0 atom stereocenters. The van der Waals surface area contributed by atoms with E-state index in [1.165, 1.54) is 12.1 Å². The molecule has 0 amide bonds. The van der Waals surface area contributed by atoms with Crippen molar-refractivity contribution in [2.24, 2.45) is 0 Å². The Morgan fingerprint density at radius 1 is 1.50 bits per heavy atom. The van der Waals surface area contributed by atoms with Crippen LogP contribution in [0.3, 0.4) is 0 Å². The molecule has 72 valence electrons. The van der Waals surface area contributed by atoms with Crippen LogP contribution >= 0.6 is 0 Å². The van der Waals surface area contributed by atoms with E-state index < -0.39 is 0 Å². The van der Waals surface area contributed by atoms with Crippen LogP contribution in [0.25, 0.3) is 11.0 Å². The van der Waals surface area contributed by atoms with E-state index in [0.29, 0.717) is 23.2 Å². The zero-order valence-electron chi connectivity index (χ0n) is 7.20. The topological polar surface area (TPSA) is 39.4 Å². The summed E-state index contributed by atoms with van der Waals surface area (Å²) in [6, 6.07) is 6.09. The molecule has 0 saturated carbocycles. The molecule has 1 aromatic carbocycles. The minimum Gasteiger partial charge on any atom is -0.460 e. The molecule has 0 aliphatic heterocycles. The van der Waals surface area contributed by atoms with Gasteiger partial charge in [0.2, 0.25) is 0 Å². The zero-order valence-corrected chi connectivity index (χ0v) is 7.20. The fourth-order valence-electron chi connectivity index (χ4n) is 1.27. The van der Waals surface area contributed by atoms with Crippen LogP contribution < -0.4 is 0 Å². The van der Waals surface area contributed by atoms with Gasteiger partial charge in [0.15, 0.2) is 0 Å². The van der Waals surface area contributed by atoms with Crippen LogP contribution in [0.4, 0.5) is 4.39 Å². The van der Waals surface area contributed by atoms with Gasteiger partial charge in [-0.3, -0.25) is 4.79 Å². The molecule has 0 radical (unpaired) electrons. The third-order valence-electron chi connectivity index (χ3n) is 1.85.